The lowest BCUT2D eigenvalue weighted by atomic mass is 9.96. The second-order valence-electron chi connectivity index (χ2n) is 7.53. The number of fused-ring (bicyclic) bond motifs is 1. The van der Waals surface area contributed by atoms with Crippen LogP contribution in [0.4, 0.5) is 0 Å². The van der Waals surface area contributed by atoms with Gasteiger partial charge in [0.2, 0.25) is 0 Å². The van der Waals surface area contributed by atoms with Crippen LogP contribution in [-0.4, -0.2) is 11.9 Å². The number of carbonyl (C=O) groups is 2. The molecule has 0 spiro atoms. The maximum Gasteiger partial charge on any atom is 0.344 e. The molecule has 0 heterocycles. The highest BCUT2D eigenvalue weighted by atomic mass is 16.5. The van der Waals surface area contributed by atoms with Crippen LogP contribution in [0.1, 0.15) is 27.5 Å². The van der Waals surface area contributed by atoms with Gasteiger partial charge in [-0.2, -0.15) is 0 Å². The molecule has 0 aliphatic heterocycles. The lowest BCUT2D eigenvalue weighted by molar-refractivity contribution is -0.140. The third-order valence-electron chi connectivity index (χ3n) is 5.33. The smallest absolute Gasteiger partial charge is 0.344 e. The van der Waals surface area contributed by atoms with Crippen molar-refractivity contribution in [2.24, 2.45) is 0 Å². The molecule has 0 unspecified atom stereocenters. The Morgan fingerprint density at radius 1 is 0.818 bits per heavy atom. The molecule has 33 heavy (non-hydrogen) atoms. The standard InChI is InChI=1S/C29H23NO3/c1-2-26(29(32)33-20-21-11-5-3-6-12-21)27(30-28(31)23-14-7-4-8-15-23)25-18-17-22-13-9-10-16-24(22)19-25/h3-19,27H,1,20H2,(H,30,31)/t27-/m0/s1. The molecule has 1 N–H and O–H groups in total. The topological polar surface area (TPSA) is 55.4 Å². The van der Waals surface area contributed by atoms with E-state index in [2.05, 4.69) is 17.6 Å². The van der Waals surface area contributed by atoms with Gasteiger partial charge in [0.15, 0.2) is 0 Å². The first-order valence-corrected chi connectivity index (χ1v) is 10.6. The van der Waals surface area contributed by atoms with Crippen LogP contribution in [0.3, 0.4) is 0 Å². The molecule has 0 aromatic heterocycles. The van der Waals surface area contributed by atoms with E-state index in [4.69, 9.17) is 4.74 Å². The Kier molecular flexibility index (Phi) is 6.79. The average molecular weight is 434 g/mol. The zero-order valence-electron chi connectivity index (χ0n) is 18.0. The molecule has 0 fully saturated rings. The molecule has 0 radical (unpaired) electrons. The van der Waals surface area contributed by atoms with Gasteiger partial charge in [-0.25, -0.2) is 4.79 Å². The molecular formula is C29H23NO3. The van der Waals surface area contributed by atoms with E-state index in [1.807, 2.05) is 78.9 Å². The lowest BCUT2D eigenvalue weighted by Gasteiger charge is -2.21. The van der Waals surface area contributed by atoms with Gasteiger partial charge in [-0.1, -0.05) is 91.5 Å². The minimum absolute atomic E-state index is 0.113. The Balaban J connectivity index is 1.66. The van der Waals surface area contributed by atoms with Crippen LogP contribution in [0.2, 0.25) is 0 Å². The number of amides is 1. The molecule has 4 heteroatoms. The molecule has 1 amide bonds. The van der Waals surface area contributed by atoms with Crippen molar-refractivity contribution in [1.82, 2.24) is 5.32 Å². The maximum absolute atomic E-state index is 13.0. The molecule has 0 saturated carbocycles. The molecule has 4 rings (SSSR count). The van der Waals surface area contributed by atoms with E-state index in [1.165, 1.54) is 0 Å². The van der Waals surface area contributed by atoms with E-state index in [1.54, 1.807) is 24.3 Å². The number of hydrogen-bond donors (Lipinski definition) is 1. The van der Waals surface area contributed by atoms with Crippen molar-refractivity contribution >= 4 is 22.6 Å². The van der Waals surface area contributed by atoms with Crippen molar-refractivity contribution < 1.29 is 14.3 Å². The first kappa shape index (κ1) is 21.8. The van der Waals surface area contributed by atoms with Crippen LogP contribution in [-0.2, 0) is 16.1 Å². The molecule has 4 nitrogen and oxygen atoms in total. The first-order valence-electron chi connectivity index (χ1n) is 10.6. The SMILES string of the molecule is C=C=C(C(=O)OCc1ccccc1)[C@@H](NC(=O)c1ccccc1)c1ccc2ccccc2c1. The normalized spacial score (nSPS) is 11.3. The van der Waals surface area contributed by atoms with Gasteiger partial charge in [0.1, 0.15) is 12.2 Å². The summed E-state index contributed by atoms with van der Waals surface area (Å²) in [6.07, 6.45) is 0. The number of rotatable bonds is 7. The maximum atomic E-state index is 13.0. The molecular weight excluding hydrogens is 410 g/mol. The minimum atomic E-state index is -0.775. The van der Waals surface area contributed by atoms with Crippen LogP contribution in [0.25, 0.3) is 10.8 Å². The van der Waals surface area contributed by atoms with Crippen molar-refractivity contribution in [3.8, 4) is 0 Å². The van der Waals surface area contributed by atoms with E-state index in [0.717, 1.165) is 21.9 Å². The molecule has 4 aromatic rings. The zero-order chi connectivity index (χ0) is 23.0. The first-order chi connectivity index (χ1) is 16.2. The minimum Gasteiger partial charge on any atom is -0.457 e. The summed E-state index contributed by atoms with van der Waals surface area (Å²) in [5, 5.41) is 5.02. The van der Waals surface area contributed by atoms with Crippen molar-refractivity contribution in [3.63, 3.8) is 0 Å². The summed E-state index contributed by atoms with van der Waals surface area (Å²) in [5.41, 5.74) is 4.96. The Bertz CT molecular complexity index is 1320. The largest absolute Gasteiger partial charge is 0.457 e. The van der Waals surface area contributed by atoms with E-state index in [-0.39, 0.29) is 18.1 Å². The number of ether oxygens (including phenoxy) is 1. The average Bonchev–Trinajstić information content (AvgIpc) is 2.88. The quantitative estimate of drug-likeness (QED) is 0.229. The highest BCUT2D eigenvalue weighted by molar-refractivity contribution is 5.97. The predicted octanol–water partition coefficient (Wildman–Crippen LogP) is 5.77. The van der Waals surface area contributed by atoms with Crippen LogP contribution in [0, 0.1) is 0 Å². The van der Waals surface area contributed by atoms with Gasteiger partial charge in [-0.15, -0.1) is 5.73 Å². The Morgan fingerprint density at radius 3 is 2.15 bits per heavy atom. The molecule has 4 aromatic carbocycles. The van der Waals surface area contributed by atoms with Gasteiger partial charge in [-0.05, 0) is 40.1 Å². The van der Waals surface area contributed by atoms with Gasteiger partial charge in [0.05, 0.1) is 6.04 Å². The molecule has 0 aliphatic carbocycles. The van der Waals surface area contributed by atoms with Gasteiger partial charge < -0.3 is 10.1 Å². The highest BCUT2D eigenvalue weighted by Crippen LogP contribution is 2.27. The van der Waals surface area contributed by atoms with Crippen molar-refractivity contribution in [2.45, 2.75) is 12.6 Å². The Morgan fingerprint density at radius 2 is 1.45 bits per heavy atom. The van der Waals surface area contributed by atoms with Gasteiger partial charge in [0.25, 0.3) is 5.91 Å². The van der Waals surface area contributed by atoms with E-state index < -0.39 is 12.0 Å². The lowest BCUT2D eigenvalue weighted by Crippen LogP contribution is -2.32. The fourth-order valence-corrected chi connectivity index (χ4v) is 3.61. The molecule has 1 atom stereocenters. The summed E-state index contributed by atoms with van der Waals surface area (Å²) < 4.78 is 5.53. The number of carbonyl (C=O) groups excluding carboxylic acids is 2. The van der Waals surface area contributed by atoms with Crippen molar-refractivity contribution in [1.29, 1.82) is 0 Å². The summed E-state index contributed by atoms with van der Waals surface area (Å²) in [4.78, 5) is 26.0. The number of nitrogens with one attached hydrogen (secondary N) is 1. The third kappa shape index (κ3) is 5.27. The Labute approximate surface area is 192 Å². The summed E-state index contributed by atoms with van der Waals surface area (Å²) >= 11 is 0. The Hall–Kier alpha value is -4.40. The van der Waals surface area contributed by atoms with Crippen molar-refractivity contribution in [2.75, 3.05) is 0 Å². The van der Waals surface area contributed by atoms with E-state index in [9.17, 15) is 9.59 Å². The summed E-state index contributed by atoms with van der Waals surface area (Å²) in [6, 6.07) is 31.2. The second kappa shape index (κ2) is 10.3. The van der Waals surface area contributed by atoms with E-state index in [0.29, 0.717) is 5.56 Å². The van der Waals surface area contributed by atoms with Gasteiger partial charge >= 0.3 is 5.97 Å². The van der Waals surface area contributed by atoms with Crippen LogP contribution in [0.5, 0.6) is 0 Å². The fourth-order valence-electron chi connectivity index (χ4n) is 3.61. The highest BCUT2D eigenvalue weighted by Gasteiger charge is 2.26. The monoisotopic (exact) mass is 433 g/mol. The van der Waals surface area contributed by atoms with E-state index >= 15 is 0 Å². The summed E-state index contributed by atoms with van der Waals surface area (Å²) in [6.45, 7) is 3.82. The molecule has 0 saturated heterocycles. The van der Waals surface area contributed by atoms with Crippen molar-refractivity contribution in [3.05, 3.63) is 138 Å². The third-order valence-corrected chi connectivity index (χ3v) is 5.33. The zero-order valence-corrected chi connectivity index (χ0v) is 18.0. The molecule has 162 valence electrons. The predicted molar refractivity (Wildman–Crippen MR) is 129 cm³/mol. The number of benzene rings is 4. The van der Waals surface area contributed by atoms with Gasteiger partial charge in [0, 0.05) is 5.56 Å². The fraction of sp³-hybridized carbons (Fsp3) is 0.0690. The van der Waals surface area contributed by atoms with Gasteiger partial charge in [-0.3, -0.25) is 4.79 Å². The number of esters is 1. The summed E-state index contributed by atoms with van der Waals surface area (Å²) in [5.74, 6) is -0.891. The number of hydrogen-bond acceptors (Lipinski definition) is 3. The molecule has 0 aliphatic rings. The van der Waals surface area contributed by atoms with Crippen LogP contribution in [0.15, 0.2) is 121 Å². The second-order valence-corrected chi connectivity index (χ2v) is 7.53. The summed E-state index contributed by atoms with van der Waals surface area (Å²) in [7, 11) is 0. The van der Waals surface area contributed by atoms with Crippen LogP contribution >= 0.6 is 0 Å². The van der Waals surface area contributed by atoms with Crippen LogP contribution < -0.4 is 5.32 Å². The molecule has 0 bridgehead atoms.